The number of benzene rings is 9. The van der Waals surface area contributed by atoms with E-state index in [2.05, 4.69) is 331 Å². The van der Waals surface area contributed by atoms with Crippen molar-refractivity contribution in [2.45, 2.75) is 243 Å². The average Bonchev–Trinajstić information content (AvgIpc) is 0.718. The van der Waals surface area contributed by atoms with Gasteiger partial charge < -0.3 is 27.9 Å². The van der Waals surface area contributed by atoms with Crippen LogP contribution >= 0.6 is 0 Å². The van der Waals surface area contributed by atoms with Gasteiger partial charge in [0.15, 0.2) is 74.4 Å². The molecule has 12 aliphatic carbocycles. The Bertz CT molecular complexity index is 4790. The molecule has 0 aromatic heterocycles. The summed E-state index contributed by atoms with van der Waals surface area (Å²) in [5.41, 5.74) is 2.61. The molecule has 9 aromatic rings. The Kier molecular flexibility index (Phi) is 32.9. The predicted molar refractivity (Wildman–Crippen MR) is 489 cm³/mol. The molecule has 0 spiro atoms. The molecule has 27 heteroatoms. The van der Waals surface area contributed by atoms with Gasteiger partial charge in [-0.15, -0.1) is 0 Å². The Morgan fingerprint density at radius 3 is 0.698 bits per heavy atom. The molecule has 0 heterocycles. The molecule has 12 bridgehead atoms. The third kappa shape index (κ3) is 25.6. The molecular weight excluding hydrogens is 1770 g/mol. The first-order valence-corrected chi connectivity index (χ1v) is 51.8. The first-order chi connectivity index (χ1) is 60.7. The van der Waals surface area contributed by atoms with E-state index in [0.29, 0.717) is 37.0 Å². The lowest BCUT2D eigenvalue weighted by Crippen LogP contribution is -2.60. The minimum Gasteiger partial charge on any atom is -0.743 e. The van der Waals surface area contributed by atoms with Crippen molar-refractivity contribution in [1.29, 1.82) is 0 Å². The quantitative estimate of drug-likeness (QED) is 0.0240. The average molecular weight is 1890 g/mol. The maximum Gasteiger partial charge on any atom is 0.428 e. The summed E-state index contributed by atoms with van der Waals surface area (Å²) in [7, 11) is -18.1. The van der Waals surface area contributed by atoms with Crippen LogP contribution in [0.2, 0.25) is 0 Å². The van der Waals surface area contributed by atoms with Crippen molar-refractivity contribution < 1.29 is 93.8 Å². The topological polar surface area (TPSA) is 250 Å². The molecule has 9 aromatic carbocycles. The molecule has 2 atom stereocenters. The normalized spacial score (nSPS) is 26.4. The van der Waals surface area contributed by atoms with E-state index in [4.69, 9.17) is 4.74 Å². The maximum absolute atomic E-state index is 13.5. The van der Waals surface area contributed by atoms with Gasteiger partial charge in [-0.2, -0.15) is 26.3 Å². The van der Waals surface area contributed by atoms with Gasteiger partial charge >= 0.3 is 33.7 Å². The molecule has 12 fully saturated rings. The molecule has 0 radical (unpaired) electrons. The van der Waals surface area contributed by atoms with Crippen molar-refractivity contribution in [2.75, 3.05) is 13.2 Å². The van der Waals surface area contributed by atoms with Crippen molar-refractivity contribution in [3.8, 4) is 0 Å². The second-order valence-corrected chi connectivity index (χ2v) is 48.5. The van der Waals surface area contributed by atoms with E-state index in [1.807, 2.05) is 0 Å². The molecule has 2 unspecified atom stereocenters. The largest absolute Gasteiger partial charge is 0.743 e. The molecule has 129 heavy (non-hydrogen) atoms. The van der Waals surface area contributed by atoms with E-state index in [9.17, 15) is 79.6 Å². The van der Waals surface area contributed by atoms with Gasteiger partial charge in [0, 0.05) is 0 Å². The van der Waals surface area contributed by atoms with E-state index in [1.54, 1.807) is 32.1 Å². The lowest BCUT2D eigenvalue weighted by atomic mass is 9.41. The van der Waals surface area contributed by atoms with E-state index < -0.39 is 82.8 Å². The number of carbonyl (C=O) groups is 3. The van der Waals surface area contributed by atoms with Gasteiger partial charge in [0.1, 0.15) is 5.60 Å². The number of halogens is 6. The summed E-state index contributed by atoms with van der Waals surface area (Å²) in [4.78, 5) is 44.3. The lowest BCUT2D eigenvalue weighted by molar-refractivity contribution is -0.219. The van der Waals surface area contributed by atoms with Crippen molar-refractivity contribution in [1.82, 2.24) is 0 Å². The zero-order valence-electron chi connectivity index (χ0n) is 74.4. The highest BCUT2D eigenvalue weighted by Gasteiger charge is 2.63. The van der Waals surface area contributed by atoms with Crippen LogP contribution in [0.1, 0.15) is 178 Å². The molecule has 0 amide bonds. The second kappa shape index (κ2) is 41.9. The molecule has 0 aliphatic heterocycles. The number of alkyl halides is 6. The van der Waals surface area contributed by atoms with E-state index >= 15 is 0 Å². The Morgan fingerprint density at radius 2 is 0.512 bits per heavy atom. The number of ether oxygens (including phenoxy) is 3. The number of esters is 3. The molecule has 12 saturated carbocycles. The van der Waals surface area contributed by atoms with Crippen molar-refractivity contribution in [3.63, 3.8) is 0 Å². The standard InChI is InChI=1S/3C18H15S.C15H22F2O5S.C13H22.C12H20.2C4H6F2O5S/c3*1-4-10-16(11-5-1)19(17-12-6-2-7-13-17)18-14-8-3-9-15-18;1-9(2)13-4-10-3-11(5-13)7-14(6-10,8-13)22-12(18)15(16,17)23(19,20)21;1-11-4-10-5-12(2,7-11)9-13(3,6-10)8-11;1-11-4-9-3-10(5-11)7-12(2,6-9)8-11;2*1-2-11-3(7)4(5,6)12(8,9)10/h3*1-15H;9-11H,3-8H2,1-2H3,(H,19,20,21);10H,4-9H2,1-3H3;9-10H,3-8H2,1-2H3;2*2H2,1H3,(H,8,9,10)/q3*+1;;;;;/p-3. The van der Waals surface area contributed by atoms with Crippen LogP contribution in [0.15, 0.2) is 317 Å². The molecule has 694 valence electrons. The first-order valence-electron chi connectivity index (χ1n) is 43.9. The van der Waals surface area contributed by atoms with E-state index in [-0.39, 0.29) is 38.1 Å². The summed E-state index contributed by atoms with van der Waals surface area (Å²) in [5, 5.41) is -15.0. The number of hydrogen-bond donors (Lipinski definition) is 0. The Hall–Kier alpha value is -8.25. The predicted octanol–water partition coefficient (Wildman–Crippen LogP) is 24.0. The van der Waals surface area contributed by atoms with Crippen LogP contribution in [0.5, 0.6) is 0 Å². The summed E-state index contributed by atoms with van der Waals surface area (Å²) in [6.07, 6.45) is 23.0. The summed E-state index contributed by atoms with van der Waals surface area (Å²) in [6, 6.07) is 96.5. The highest BCUT2D eigenvalue weighted by atomic mass is 32.2. The maximum atomic E-state index is 13.5. The van der Waals surface area contributed by atoms with Crippen LogP contribution in [0, 0.1) is 68.0 Å². The molecular formula is C102H118F6O15S6. The van der Waals surface area contributed by atoms with Gasteiger partial charge in [-0.3, -0.25) is 0 Å². The SMILES string of the molecule is CC(C)C12CC3CC(CC(OC(=O)C(F)(F)S(=O)(=O)[O-])(C3)C1)C2.CC12CC3CC(C)(C1)CC(C)(C3)C2.CC12CC3CC(C1)CC(C)(C3)C2.CCOC(=O)C(F)(F)S(=O)(=O)[O-].CCOC(=O)C(F)(F)S(=O)(=O)[O-].c1ccc([S+](c2ccccc2)c2ccccc2)cc1.c1ccc([S+](c2ccccc2)c2ccccc2)cc1.c1ccc([S+](c2ccccc2)c2ccccc2)cc1. The van der Waals surface area contributed by atoms with Crippen molar-refractivity contribution >= 4 is 80.9 Å². The van der Waals surface area contributed by atoms with Crippen LogP contribution in [0.4, 0.5) is 26.3 Å². The number of rotatable bonds is 19. The van der Waals surface area contributed by atoms with Gasteiger partial charge in [0.25, 0.3) is 0 Å². The van der Waals surface area contributed by atoms with Crippen LogP contribution in [0.3, 0.4) is 0 Å². The van der Waals surface area contributed by atoms with Gasteiger partial charge in [-0.25, -0.2) is 39.6 Å². The fraction of sp³-hybridized carbons (Fsp3) is 0.441. The van der Waals surface area contributed by atoms with Gasteiger partial charge in [0.2, 0.25) is 0 Å². The van der Waals surface area contributed by atoms with Crippen LogP contribution in [-0.2, 0) is 91.6 Å². The van der Waals surface area contributed by atoms with E-state index in [0.717, 1.165) is 64.1 Å². The molecule has 21 rings (SSSR count). The second-order valence-electron chi connectivity index (χ2n) is 38.2. The van der Waals surface area contributed by atoms with Gasteiger partial charge in [-0.05, 0) is 307 Å². The minimum atomic E-state index is -6.07. The summed E-state index contributed by atoms with van der Waals surface area (Å²) in [5.74, 6) is -2.66. The zero-order valence-corrected chi connectivity index (χ0v) is 79.3. The summed E-state index contributed by atoms with van der Waals surface area (Å²) in [6.45, 7) is 18.4. The molecule has 15 nitrogen and oxygen atoms in total. The first kappa shape index (κ1) is 101. The van der Waals surface area contributed by atoms with Crippen molar-refractivity contribution in [3.05, 3.63) is 273 Å². The highest BCUT2D eigenvalue weighted by molar-refractivity contribution is 7.97. The van der Waals surface area contributed by atoms with Crippen LogP contribution < -0.4 is 0 Å². The number of hydrogen-bond acceptors (Lipinski definition) is 15. The summed E-state index contributed by atoms with van der Waals surface area (Å²) < 4.78 is 178. The van der Waals surface area contributed by atoms with Gasteiger partial charge in [0.05, 0.1) is 45.9 Å². The molecule has 0 saturated heterocycles. The fourth-order valence-electron chi connectivity index (χ4n) is 23.5. The highest BCUT2D eigenvalue weighted by Crippen LogP contribution is 2.70. The Morgan fingerprint density at radius 1 is 0.318 bits per heavy atom. The third-order valence-electron chi connectivity index (χ3n) is 26.2. The zero-order chi connectivity index (χ0) is 93.7. The van der Waals surface area contributed by atoms with Gasteiger partial charge in [-0.1, -0.05) is 212 Å². The van der Waals surface area contributed by atoms with E-state index in [1.165, 1.54) is 103 Å². The smallest absolute Gasteiger partial charge is 0.428 e. The molecule has 0 N–H and O–H groups in total. The monoisotopic (exact) mass is 1890 g/mol. The van der Waals surface area contributed by atoms with Crippen LogP contribution in [-0.4, -0.2) is 91.4 Å². The Balaban J connectivity index is 0.000000144. The third-order valence-corrected chi connectivity index (χ3v) is 35.2. The fourth-order valence-corrected chi connectivity index (χ4v) is 30.6. The minimum absolute atomic E-state index is 0.0146. The molecule has 12 aliphatic rings. The van der Waals surface area contributed by atoms with Crippen LogP contribution in [0.25, 0.3) is 0 Å². The number of carbonyl (C=O) groups excluding carboxylic acids is 3. The summed E-state index contributed by atoms with van der Waals surface area (Å²) >= 11 is 0. The Labute approximate surface area is 766 Å². The van der Waals surface area contributed by atoms with Crippen molar-refractivity contribution in [2.24, 2.45) is 68.0 Å². The lowest BCUT2D eigenvalue weighted by Gasteiger charge is -2.64.